The molecule has 0 fully saturated rings. The highest BCUT2D eigenvalue weighted by Crippen LogP contribution is 2.14. The summed E-state index contributed by atoms with van der Waals surface area (Å²) in [6.45, 7) is 4.19. The van der Waals surface area contributed by atoms with Crippen molar-refractivity contribution in [1.29, 1.82) is 0 Å². The van der Waals surface area contributed by atoms with Crippen LogP contribution in [0.1, 0.15) is 25.8 Å². The molecule has 4 nitrogen and oxygen atoms in total. The Labute approximate surface area is 102 Å². The van der Waals surface area contributed by atoms with E-state index in [0.29, 0.717) is 13.0 Å². The molecule has 94 valence electrons. The van der Waals surface area contributed by atoms with E-state index in [4.69, 9.17) is 10.5 Å². The zero-order valence-corrected chi connectivity index (χ0v) is 10.6. The Morgan fingerprint density at radius 1 is 1.41 bits per heavy atom. The highest BCUT2D eigenvalue weighted by molar-refractivity contribution is 5.84. The van der Waals surface area contributed by atoms with Gasteiger partial charge in [0.05, 0.1) is 0 Å². The Hall–Kier alpha value is -1.55. The van der Waals surface area contributed by atoms with Crippen molar-refractivity contribution in [1.82, 2.24) is 5.32 Å². The summed E-state index contributed by atoms with van der Waals surface area (Å²) < 4.78 is 5.22. The molecule has 0 radical (unpaired) electrons. The van der Waals surface area contributed by atoms with Gasteiger partial charge < -0.3 is 15.8 Å². The summed E-state index contributed by atoms with van der Waals surface area (Å²) in [6.07, 6.45) is 0.636. The molecular weight excluding hydrogens is 216 g/mol. The van der Waals surface area contributed by atoms with Gasteiger partial charge in [0.15, 0.2) is 0 Å². The summed E-state index contributed by atoms with van der Waals surface area (Å²) in [5, 5.41) is 2.86. The maximum atomic E-state index is 11.9. The number of hydrogen-bond donors (Lipinski definition) is 2. The summed E-state index contributed by atoms with van der Waals surface area (Å²) in [4.78, 5) is 11.9. The van der Waals surface area contributed by atoms with E-state index in [9.17, 15) is 4.79 Å². The fourth-order valence-corrected chi connectivity index (χ4v) is 1.40. The molecule has 3 N–H and O–H groups in total. The fraction of sp³-hybridized carbons (Fsp3) is 0.462. The van der Waals surface area contributed by atoms with Gasteiger partial charge in [0.25, 0.3) is 5.91 Å². The van der Waals surface area contributed by atoms with Crippen molar-refractivity contribution in [3.63, 3.8) is 0 Å². The van der Waals surface area contributed by atoms with Crippen LogP contribution in [0, 0.1) is 0 Å². The van der Waals surface area contributed by atoms with Crippen LogP contribution < -0.4 is 11.1 Å². The van der Waals surface area contributed by atoms with E-state index in [2.05, 4.69) is 5.32 Å². The van der Waals surface area contributed by atoms with E-state index in [1.54, 1.807) is 14.0 Å². The number of ether oxygens (including phenoxy) is 1. The van der Waals surface area contributed by atoms with Crippen molar-refractivity contribution in [3.05, 3.63) is 29.8 Å². The second-order valence-corrected chi connectivity index (χ2v) is 4.21. The SMILES string of the molecule is CCC(C)(OC)C(=O)NCc1ccc(N)cc1. The lowest BCUT2D eigenvalue weighted by Gasteiger charge is -2.25. The zero-order chi connectivity index (χ0) is 12.9. The minimum Gasteiger partial charge on any atom is -0.399 e. The number of methoxy groups -OCH3 is 1. The van der Waals surface area contributed by atoms with Gasteiger partial charge in [-0.15, -0.1) is 0 Å². The second kappa shape index (κ2) is 5.68. The van der Waals surface area contributed by atoms with Crippen LogP contribution in [-0.2, 0) is 16.1 Å². The molecule has 1 aromatic carbocycles. The highest BCUT2D eigenvalue weighted by atomic mass is 16.5. The number of rotatable bonds is 5. The third-order valence-electron chi connectivity index (χ3n) is 3.04. The first-order valence-electron chi connectivity index (χ1n) is 5.69. The van der Waals surface area contributed by atoms with E-state index in [1.807, 2.05) is 31.2 Å². The topological polar surface area (TPSA) is 64.3 Å². The number of nitrogens with one attached hydrogen (secondary N) is 1. The minimum absolute atomic E-state index is 0.0978. The van der Waals surface area contributed by atoms with E-state index >= 15 is 0 Å². The van der Waals surface area contributed by atoms with Crippen LogP contribution in [0.5, 0.6) is 0 Å². The molecule has 0 saturated heterocycles. The molecule has 4 heteroatoms. The first-order valence-corrected chi connectivity index (χ1v) is 5.69. The predicted octanol–water partition coefficient (Wildman–Crippen LogP) is 1.70. The first kappa shape index (κ1) is 13.5. The molecule has 0 heterocycles. The van der Waals surface area contributed by atoms with Crippen LogP contribution in [0.4, 0.5) is 5.69 Å². The number of amides is 1. The van der Waals surface area contributed by atoms with Crippen LogP contribution >= 0.6 is 0 Å². The molecule has 0 aliphatic heterocycles. The smallest absolute Gasteiger partial charge is 0.252 e. The van der Waals surface area contributed by atoms with Gasteiger partial charge >= 0.3 is 0 Å². The molecule has 0 spiro atoms. The van der Waals surface area contributed by atoms with Crippen LogP contribution in [0.25, 0.3) is 0 Å². The van der Waals surface area contributed by atoms with E-state index in [-0.39, 0.29) is 5.91 Å². The Morgan fingerprint density at radius 2 is 2.00 bits per heavy atom. The van der Waals surface area contributed by atoms with Gasteiger partial charge in [0.2, 0.25) is 0 Å². The van der Waals surface area contributed by atoms with Crippen molar-refractivity contribution < 1.29 is 9.53 Å². The fourth-order valence-electron chi connectivity index (χ4n) is 1.40. The average Bonchev–Trinajstić information content (AvgIpc) is 2.36. The molecule has 17 heavy (non-hydrogen) atoms. The van der Waals surface area contributed by atoms with Gasteiger partial charge in [0.1, 0.15) is 5.60 Å². The molecule has 0 saturated carbocycles. The minimum atomic E-state index is -0.756. The lowest BCUT2D eigenvalue weighted by atomic mass is 10.0. The average molecular weight is 236 g/mol. The van der Waals surface area contributed by atoms with E-state index in [1.165, 1.54) is 0 Å². The van der Waals surface area contributed by atoms with Crippen LogP contribution in [0.2, 0.25) is 0 Å². The molecule has 0 bridgehead atoms. The van der Waals surface area contributed by atoms with Crippen molar-refractivity contribution in [3.8, 4) is 0 Å². The quantitative estimate of drug-likeness (QED) is 0.765. The third kappa shape index (κ3) is 3.46. The molecule has 1 atom stereocenters. The molecular formula is C13H20N2O2. The van der Waals surface area contributed by atoms with Gasteiger partial charge in [0, 0.05) is 19.3 Å². The zero-order valence-electron chi connectivity index (χ0n) is 10.6. The lowest BCUT2D eigenvalue weighted by Crippen LogP contribution is -2.45. The van der Waals surface area contributed by atoms with E-state index < -0.39 is 5.60 Å². The summed E-state index contributed by atoms with van der Waals surface area (Å²) >= 11 is 0. The Morgan fingerprint density at radius 3 is 2.47 bits per heavy atom. The normalized spacial score (nSPS) is 14.1. The summed E-state index contributed by atoms with van der Waals surface area (Å²) in [6, 6.07) is 7.42. The number of carbonyl (C=O) groups is 1. The van der Waals surface area contributed by atoms with Crippen LogP contribution in [-0.4, -0.2) is 18.6 Å². The molecule has 0 aliphatic carbocycles. The molecule has 1 aromatic rings. The van der Waals surface area contributed by atoms with Crippen molar-refractivity contribution in [2.24, 2.45) is 0 Å². The van der Waals surface area contributed by atoms with Crippen molar-refractivity contribution in [2.75, 3.05) is 12.8 Å². The number of carbonyl (C=O) groups excluding carboxylic acids is 1. The number of hydrogen-bond acceptors (Lipinski definition) is 3. The third-order valence-corrected chi connectivity index (χ3v) is 3.04. The van der Waals surface area contributed by atoms with Gasteiger partial charge in [-0.25, -0.2) is 0 Å². The Kier molecular flexibility index (Phi) is 4.52. The highest BCUT2D eigenvalue weighted by Gasteiger charge is 2.30. The number of anilines is 1. The molecule has 0 aromatic heterocycles. The van der Waals surface area contributed by atoms with Crippen LogP contribution in [0.3, 0.4) is 0 Å². The number of nitrogen functional groups attached to an aromatic ring is 1. The van der Waals surface area contributed by atoms with Gasteiger partial charge in [-0.05, 0) is 31.0 Å². The standard InChI is InChI=1S/C13H20N2O2/c1-4-13(2,17-3)12(16)15-9-10-5-7-11(14)8-6-10/h5-8H,4,9,14H2,1-3H3,(H,15,16). The van der Waals surface area contributed by atoms with Crippen molar-refractivity contribution >= 4 is 11.6 Å². The Balaban J connectivity index is 2.56. The summed E-state index contributed by atoms with van der Waals surface area (Å²) in [5.41, 5.74) is 6.57. The lowest BCUT2D eigenvalue weighted by molar-refractivity contribution is -0.142. The largest absolute Gasteiger partial charge is 0.399 e. The molecule has 1 rings (SSSR count). The number of nitrogens with two attached hydrogens (primary N) is 1. The molecule has 1 amide bonds. The van der Waals surface area contributed by atoms with Gasteiger partial charge in [-0.1, -0.05) is 19.1 Å². The van der Waals surface area contributed by atoms with Crippen molar-refractivity contribution in [2.45, 2.75) is 32.4 Å². The monoisotopic (exact) mass is 236 g/mol. The van der Waals surface area contributed by atoms with Gasteiger partial charge in [-0.3, -0.25) is 4.79 Å². The first-order chi connectivity index (χ1) is 8.01. The van der Waals surface area contributed by atoms with E-state index in [0.717, 1.165) is 11.3 Å². The maximum absolute atomic E-state index is 11.9. The molecule has 0 aliphatic rings. The van der Waals surface area contributed by atoms with Gasteiger partial charge in [-0.2, -0.15) is 0 Å². The number of benzene rings is 1. The Bertz CT molecular complexity index is 370. The van der Waals surface area contributed by atoms with Crippen LogP contribution in [0.15, 0.2) is 24.3 Å². The molecule has 1 unspecified atom stereocenters. The second-order valence-electron chi connectivity index (χ2n) is 4.21. The maximum Gasteiger partial charge on any atom is 0.252 e. The predicted molar refractivity (Wildman–Crippen MR) is 68.4 cm³/mol. The summed E-state index contributed by atoms with van der Waals surface area (Å²) in [7, 11) is 1.55. The summed E-state index contributed by atoms with van der Waals surface area (Å²) in [5.74, 6) is -0.0978.